The molecule has 0 N–H and O–H groups in total. The maximum Gasteiger partial charge on any atom is 0.131 e. The number of likely N-dealkylation sites (tertiary alicyclic amines) is 1. The molecule has 92 valence electrons. The Balaban J connectivity index is 1.98. The van der Waals surface area contributed by atoms with E-state index < -0.39 is 0 Å². The summed E-state index contributed by atoms with van der Waals surface area (Å²) in [4.78, 5) is 13.9. The molecule has 16 heavy (non-hydrogen) atoms. The van der Waals surface area contributed by atoms with Crippen molar-refractivity contribution in [3.05, 3.63) is 0 Å². The predicted molar refractivity (Wildman–Crippen MR) is 66.4 cm³/mol. The summed E-state index contributed by atoms with van der Waals surface area (Å²) in [6.07, 6.45) is 9.11. The number of fused-ring (bicyclic) bond motifs is 1. The van der Waals surface area contributed by atoms with E-state index in [0.29, 0.717) is 11.8 Å². The second kappa shape index (κ2) is 5.31. The third-order valence-electron chi connectivity index (χ3n) is 4.44. The average molecular weight is 223 g/mol. The number of rotatable bonds is 3. The van der Waals surface area contributed by atoms with E-state index in [1.165, 1.54) is 45.1 Å². The van der Waals surface area contributed by atoms with Crippen LogP contribution in [0.3, 0.4) is 0 Å². The van der Waals surface area contributed by atoms with Crippen LogP contribution < -0.4 is 0 Å². The topological polar surface area (TPSA) is 20.3 Å². The molecule has 1 saturated heterocycles. The molecule has 0 aromatic heterocycles. The molecule has 0 amide bonds. The Morgan fingerprint density at radius 1 is 1.25 bits per heavy atom. The average Bonchev–Trinajstić information content (AvgIpc) is 2.27. The SMILES string of the molecule is CC(=O)CC(C)N1CCCC2CCCCC21. The molecule has 3 atom stereocenters. The summed E-state index contributed by atoms with van der Waals surface area (Å²) in [6, 6.07) is 1.25. The molecule has 3 unspecified atom stereocenters. The van der Waals surface area contributed by atoms with E-state index in [9.17, 15) is 4.79 Å². The first kappa shape index (κ1) is 12.1. The quantitative estimate of drug-likeness (QED) is 0.733. The smallest absolute Gasteiger partial charge is 0.131 e. The minimum atomic E-state index is 0.338. The van der Waals surface area contributed by atoms with Gasteiger partial charge in [-0.05, 0) is 52.0 Å². The lowest BCUT2D eigenvalue weighted by molar-refractivity contribution is -0.118. The summed E-state index contributed by atoms with van der Waals surface area (Å²) in [7, 11) is 0. The first-order valence-corrected chi connectivity index (χ1v) is 6.93. The standard InChI is InChI=1S/C14H25NO/c1-11(10-12(2)16)15-9-5-7-13-6-3-4-8-14(13)15/h11,13-14H,3-10H2,1-2H3. The molecule has 0 aromatic carbocycles. The highest BCUT2D eigenvalue weighted by molar-refractivity contribution is 5.76. The predicted octanol–water partition coefficient (Wildman–Crippen LogP) is 3.01. The Labute approximate surface area is 99.4 Å². The van der Waals surface area contributed by atoms with Crippen molar-refractivity contribution in [3.8, 4) is 0 Å². The molecular weight excluding hydrogens is 198 g/mol. The van der Waals surface area contributed by atoms with Gasteiger partial charge in [-0.15, -0.1) is 0 Å². The molecule has 2 nitrogen and oxygen atoms in total. The number of carbonyl (C=O) groups is 1. The zero-order chi connectivity index (χ0) is 11.5. The first-order valence-electron chi connectivity index (χ1n) is 6.93. The lowest BCUT2D eigenvalue weighted by atomic mass is 9.77. The van der Waals surface area contributed by atoms with Gasteiger partial charge < -0.3 is 0 Å². The molecule has 1 aliphatic heterocycles. The number of Topliss-reactive ketones (excluding diaryl/α,β-unsaturated/α-hetero) is 1. The number of ketones is 1. The van der Waals surface area contributed by atoms with Crippen LogP contribution in [0.5, 0.6) is 0 Å². The van der Waals surface area contributed by atoms with Crippen LogP contribution in [-0.4, -0.2) is 29.3 Å². The van der Waals surface area contributed by atoms with Crippen molar-refractivity contribution in [1.82, 2.24) is 4.90 Å². The summed E-state index contributed by atoms with van der Waals surface area (Å²) in [6.45, 7) is 5.17. The molecule has 1 saturated carbocycles. The summed E-state index contributed by atoms with van der Waals surface area (Å²) in [5.74, 6) is 1.27. The maximum atomic E-state index is 11.2. The van der Waals surface area contributed by atoms with Crippen molar-refractivity contribution in [1.29, 1.82) is 0 Å². The van der Waals surface area contributed by atoms with Crippen molar-refractivity contribution in [2.24, 2.45) is 5.92 Å². The third kappa shape index (κ3) is 2.65. The van der Waals surface area contributed by atoms with E-state index in [0.717, 1.165) is 18.4 Å². The number of piperidine rings is 1. The van der Waals surface area contributed by atoms with E-state index in [1.54, 1.807) is 6.92 Å². The highest BCUT2D eigenvalue weighted by Gasteiger charge is 2.35. The molecule has 0 spiro atoms. The van der Waals surface area contributed by atoms with E-state index >= 15 is 0 Å². The van der Waals surface area contributed by atoms with Crippen LogP contribution in [0.15, 0.2) is 0 Å². The lowest BCUT2D eigenvalue weighted by Gasteiger charge is -2.46. The number of nitrogens with zero attached hydrogens (tertiary/aromatic N) is 1. The second-order valence-corrected chi connectivity index (χ2v) is 5.75. The molecule has 2 heteroatoms. The zero-order valence-corrected chi connectivity index (χ0v) is 10.7. The molecule has 1 aliphatic carbocycles. The molecular formula is C14H25NO. The van der Waals surface area contributed by atoms with Gasteiger partial charge in [0.2, 0.25) is 0 Å². The Hall–Kier alpha value is -0.370. The monoisotopic (exact) mass is 223 g/mol. The van der Waals surface area contributed by atoms with Crippen LogP contribution in [0.25, 0.3) is 0 Å². The molecule has 0 radical (unpaired) electrons. The van der Waals surface area contributed by atoms with Crippen molar-refractivity contribution in [2.75, 3.05) is 6.54 Å². The summed E-state index contributed by atoms with van der Waals surface area (Å²) in [5.41, 5.74) is 0. The number of hydrogen-bond acceptors (Lipinski definition) is 2. The van der Waals surface area contributed by atoms with Gasteiger partial charge in [0, 0.05) is 18.5 Å². The van der Waals surface area contributed by atoms with Crippen molar-refractivity contribution in [2.45, 2.75) is 70.9 Å². The Bertz CT molecular complexity index is 249. The van der Waals surface area contributed by atoms with Gasteiger partial charge in [0.25, 0.3) is 0 Å². The highest BCUT2D eigenvalue weighted by atomic mass is 16.1. The van der Waals surface area contributed by atoms with Gasteiger partial charge in [0.1, 0.15) is 5.78 Å². The van der Waals surface area contributed by atoms with Crippen LogP contribution in [0, 0.1) is 5.92 Å². The van der Waals surface area contributed by atoms with Gasteiger partial charge in [-0.3, -0.25) is 9.69 Å². The summed E-state index contributed by atoms with van der Waals surface area (Å²) >= 11 is 0. The van der Waals surface area contributed by atoms with E-state index in [-0.39, 0.29) is 0 Å². The third-order valence-corrected chi connectivity index (χ3v) is 4.44. The van der Waals surface area contributed by atoms with Crippen LogP contribution in [-0.2, 0) is 4.79 Å². The van der Waals surface area contributed by atoms with Crippen LogP contribution in [0.4, 0.5) is 0 Å². The molecule has 0 bridgehead atoms. The van der Waals surface area contributed by atoms with Gasteiger partial charge in [-0.1, -0.05) is 12.8 Å². The Kier molecular flexibility index (Phi) is 4.01. The van der Waals surface area contributed by atoms with Crippen LogP contribution in [0.1, 0.15) is 58.8 Å². The molecule has 1 heterocycles. The number of hydrogen-bond donors (Lipinski definition) is 0. The van der Waals surface area contributed by atoms with Crippen LogP contribution >= 0.6 is 0 Å². The van der Waals surface area contributed by atoms with Gasteiger partial charge in [-0.25, -0.2) is 0 Å². The maximum absolute atomic E-state index is 11.2. The van der Waals surface area contributed by atoms with Crippen LogP contribution in [0.2, 0.25) is 0 Å². The minimum absolute atomic E-state index is 0.338. The van der Waals surface area contributed by atoms with Gasteiger partial charge >= 0.3 is 0 Å². The highest BCUT2D eigenvalue weighted by Crippen LogP contribution is 2.36. The van der Waals surface area contributed by atoms with Crippen molar-refractivity contribution >= 4 is 5.78 Å². The van der Waals surface area contributed by atoms with Crippen molar-refractivity contribution < 1.29 is 4.79 Å². The van der Waals surface area contributed by atoms with Gasteiger partial charge in [-0.2, -0.15) is 0 Å². The van der Waals surface area contributed by atoms with Crippen molar-refractivity contribution in [3.63, 3.8) is 0 Å². The Morgan fingerprint density at radius 3 is 2.69 bits per heavy atom. The molecule has 0 aromatic rings. The van der Waals surface area contributed by atoms with Gasteiger partial charge in [0.05, 0.1) is 0 Å². The summed E-state index contributed by atoms with van der Waals surface area (Å²) in [5, 5.41) is 0. The summed E-state index contributed by atoms with van der Waals surface area (Å²) < 4.78 is 0. The minimum Gasteiger partial charge on any atom is -0.300 e. The molecule has 2 aliphatic rings. The fourth-order valence-corrected chi connectivity index (χ4v) is 3.74. The number of carbonyl (C=O) groups excluding carboxylic acids is 1. The van der Waals surface area contributed by atoms with E-state index in [2.05, 4.69) is 11.8 Å². The van der Waals surface area contributed by atoms with Gasteiger partial charge in [0.15, 0.2) is 0 Å². The normalized spacial score (nSPS) is 33.1. The zero-order valence-electron chi connectivity index (χ0n) is 10.7. The largest absolute Gasteiger partial charge is 0.300 e. The molecule has 2 fully saturated rings. The Morgan fingerprint density at radius 2 is 1.94 bits per heavy atom. The van der Waals surface area contributed by atoms with E-state index in [4.69, 9.17) is 0 Å². The van der Waals surface area contributed by atoms with E-state index in [1.807, 2.05) is 0 Å². The second-order valence-electron chi connectivity index (χ2n) is 5.75. The first-order chi connectivity index (χ1) is 7.68. The fourth-order valence-electron chi connectivity index (χ4n) is 3.74. The lowest BCUT2D eigenvalue weighted by Crippen LogP contribution is -2.51. The fraction of sp³-hybridized carbons (Fsp3) is 0.929. The molecule has 2 rings (SSSR count).